The number of para-hydroxylation sites is 1. The molecule has 3 aromatic rings. The van der Waals surface area contributed by atoms with E-state index in [1.54, 1.807) is 60.7 Å². The van der Waals surface area contributed by atoms with Crippen molar-refractivity contribution >= 4 is 44.8 Å². The predicted octanol–water partition coefficient (Wildman–Crippen LogP) is 4.29. The molecule has 0 saturated heterocycles. The van der Waals surface area contributed by atoms with E-state index in [1.165, 1.54) is 6.07 Å². The van der Waals surface area contributed by atoms with Crippen LogP contribution in [0.2, 0.25) is 5.02 Å². The standard InChI is InChI=1S/C24H22ClN3O4S/c1-15(2)26-24(30)18-8-3-5-9-20(18)27-23(29)14-28-21-12-11-16(25)13-19(21)17-7-4-6-10-22(17)33(28,31)32/h3-13,15H,14H2,1-2H3,(H,26,30)(H,27,29). The monoisotopic (exact) mass is 483 g/mol. The Morgan fingerprint density at radius 1 is 0.970 bits per heavy atom. The number of carbonyl (C=O) groups is 2. The van der Waals surface area contributed by atoms with Gasteiger partial charge in [-0.1, -0.05) is 41.9 Å². The highest BCUT2D eigenvalue weighted by Gasteiger charge is 2.36. The van der Waals surface area contributed by atoms with Crippen LogP contribution in [0, 0.1) is 0 Å². The van der Waals surface area contributed by atoms with E-state index in [1.807, 2.05) is 13.8 Å². The summed E-state index contributed by atoms with van der Waals surface area (Å²) in [6.45, 7) is 3.20. The third kappa shape index (κ3) is 4.44. The second kappa shape index (κ2) is 8.88. The maximum absolute atomic E-state index is 13.4. The van der Waals surface area contributed by atoms with Crippen LogP contribution in [0.4, 0.5) is 11.4 Å². The minimum absolute atomic E-state index is 0.0804. The summed E-state index contributed by atoms with van der Waals surface area (Å²) in [5.74, 6) is -0.913. The summed E-state index contributed by atoms with van der Waals surface area (Å²) in [4.78, 5) is 25.6. The van der Waals surface area contributed by atoms with Gasteiger partial charge in [0.25, 0.3) is 15.9 Å². The van der Waals surface area contributed by atoms with Gasteiger partial charge in [0.1, 0.15) is 6.54 Å². The van der Waals surface area contributed by atoms with Crippen molar-refractivity contribution in [2.45, 2.75) is 24.8 Å². The first-order valence-electron chi connectivity index (χ1n) is 10.3. The number of nitrogens with zero attached hydrogens (tertiary/aromatic N) is 1. The van der Waals surface area contributed by atoms with Gasteiger partial charge in [-0.25, -0.2) is 8.42 Å². The maximum atomic E-state index is 13.4. The molecule has 0 unspecified atom stereocenters. The Balaban J connectivity index is 1.67. The zero-order valence-corrected chi connectivity index (χ0v) is 19.6. The fourth-order valence-electron chi connectivity index (χ4n) is 3.72. The number of amides is 2. The first-order chi connectivity index (χ1) is 15.7. The van der Waals surface area contributed by atoms with E-state index < -0.39 is 22.5 Å². The van der Waals surface area contributed by atoms with Gasteiger partial charge in [0.15, 0.2) is 0 Å². The van der Waals surface area contributed by atoms with Crippen molar-refractivity contribution in [3.05, 3.63) is 77.3 Å². The van der Waals surface area contributed by atoms with Crippen LogP contribution in [-0.4, -0.2) is 32.8 Å². The molecule has 1 aliphatic heterocycles. The molecule has 0 atom stereocenters. The number of hydrogen-bond donors (Lipinski definition) is 2. The van der Waals surface area contributed by atoms with Crippen LogP contribution in [0.15, 0.2) is 71.6 Å². The zero-order valence-electron chi connectivity index (χ0n) is 18.0. The van der Waals surface area contributed by atoms with Crippen LogP contribution in [0.3, 0.4) is 0 Å². The molecule has 9 heteroatoms. The Bertz CT molecular complexity index is 1360. The Morgan fingerprint density at radius 3 is 2.42 bits per heavy atom. The second-order valence-corrected chi connectivity index (χ2v) is 10.2. The molecular weight excluding hydrogens is 462 g/mol. The third-order valence-electron chi connectivity index (χ3n) is 5.13. The van der Waals surface area contributed by atoms with Crippen molar-refractivity contribution in [1.29, 1.82) is 0 Å². The number of carbonyl (C=O) groups excluding carboxylic acids is 2. The average Bonchev–Trinajstić information content (AvgIpc) is 2.77. The largest absolute Gasteiger partial charge is 0.350 e. The Hall–Kier alpha value is -3.36. The van der Waals surface area contributed by atoms with Crippen molar-refractivity contribution in [1.82, 2.24) is 5.32 Å². The van der Waals surface area contributed by atoms with Gasteiger partial charge in [-0.2, -0.15) is 0 Å². The SMILES string of the molecule is CC(C)NC(=O)c1ccccc1NC(=O)CN1c2ccc(Cl)cc2-c2ccccc2S1(=O)=O. The van der Waals surface area contributed by atoms with Crippen molar-refractivity contribution in [3.63, 3.8) is 0 Å². The molecule has 0 aromatic heterocycles. The topological polar surface area (TPSA) is 95.6 Å². The zero-order chi connectivity index (χ0) is 23.8. The minimum atomic E-state index is -3.99. The van der Waals surface area contributed by atoms with E-state index in [0.29, 0.717) is 33.1 Å². The lowest BCUT2D eigenvalue weighted by molar-refractivity contribution is -0.114. The average molecular weight is 484 g/mol. The van der Waals surface area contributed by atoms with E-state index in [0.717, 1.165) is 4.31 Å². The van der Waals surface area contributed by atoms with Gasteiger partial charge in [-0.05, 0) is 50.2 Å². The van der Waals surface area contributed by atoms with E-state index in [4.69, 9.17) is 11.6 Å². The van der Waals surface area contributed by atoms with Gasteiger partial charge in [0.05, 0.1) is 21.8 Å². The molecule has 0 saturated carbocycles. The lowest BCUT2D eigenvalue weighted by Gasteiger charge is -2.31. The van der Waals surface area contributed by atoms with E-state index in [2.05, 4.69) is 10.6 Å². The van der Waals surface area contributed by atoms with Gasteiger partial charge in [0, 0.05) is 22.2 Å². The molecule has 3 aromatic carbocycles. The lowest BCUT2D eigenvalue weighted by atomic mass is 10.0. The molecule has 0 spiro atoms. The molecular formula is C24H22ClN3O4S. The van der Waals surface area contributed by atoms with E-state index >= 15 is 0 Å². The predicted molar refractivity (Wildman–Crippen MR) is 129 cm³/mol. The number of halogens is 1. The van der Waals surface area contributed by atoms with Crippen LogP contribution in [-0.2, 0) is 14.8 Å². The molecule has 4 rings (SSSR count). The number of fused-ring (bicyclic) bond motifs is 3. The first kappa shape index (κ1) is 22.8. The summed E-state index contributed by atoms with van der Waals surface area (Å²) in [6.07, 6.45) is 0. The lowest BCUT2D eigenvalue weighted by Crippen LogP contribution is -2.40. The number of benzene rings is 3. The van der Waals surface area contributed by atoms with Crippen molar-refractivity contribution in [2.24, 2.45) is 0 Å². The molecule has 1 aliphatic rings. The highest BCUT2D eigenvalue weighted by atomic mass is 35.5. The normalized spacial score (nSPS) is 13.8. The summed E-state index contributed by atoms with van der Waals surface area (Å²) in [6, 6.07) is 17.9. The van der Waals surface area contributed by atoms with Crippen LogP contribution in [0.5, 0.6) is 0 Å². The van der Waals surface area contributed by atoms with Crippen LogP contribution in [0.1, 0.15) is 24.2 Å². The summed E-state index contributed by atoms with van der Waals surface area (Å²) in [5.41, 5.74) is 2.10. The van der Waals surface area contributed by atoms with Crippen LogP contribution < -0.4 is 14.9 Å². The van der Waals surface area contributed by atoms with E-state index in [9.17, 15) is 18.0 Å². The van der Waals surface area contributed by atoms with Crippen LogP contribution in [0.25, 0.3) is 11.1 Å². The molecule has 0 aliphatic carbocycles. The van der Waals surface area contributed by atoms with Crippen LogP contribution >= 0.6 is 11.6 Å². The summed E-state index contributed by atoms with van der Waals surface area (Å²) in [5, 5.41) is 5.93. The summed E-state index contributed by atoms with van der Waals surface area (Å²) >= 11 is 6.17. The fourth-order valence-corrected chi connectivity index (χ4v) is 5.55. The molecule has 1 heterocycles. The Labute approximate surface area is 197 Å². The number of sulfonamides is 1. The summed E-state index contributed by atoms with van der Waals surface area (Å²) < 4.78 is 27.8. The molecule has 0 bridgehead atoms. The minimum Gasteiger partial charge on any atom is -0.350 e. The molecule has 0 fully saturated rings. The van der Waals surface area contributed by atoms with E-state index in [-0.39, 0.29) is 16.8 Å². The van der Waals surface area contributed by atoms with Gasteiger partial charge in [0.2, 0.25) is 5.91 Å². The second-order valence-electron chi connectivity index (χ2n) is 7.89. The third-order valence-corrected chi connectivity index (χ3v) is 7.18. The quantitative estimate of drug-likeness (QED) is 0.565. The smallest absolute Gasteiger partial charge is 0.265 e. The first-order valence-corrected chi connectivity index (χ1v) is 12.1. The van der Waals surface area contributed by atoms with Gasteiger partial charge in [-0.3, -0.25) is 13.9 Å². The maximum Gasteiger partial charge on any atom is 0.265 e. The number of anilines is 2. The number of hydrogen-bond acceptors (Lipinski definition) is 4. The summed E-state index contributed by atoms with van der Waals surface area (Å²) in [7, 11) is -3.99. The molecule has 2 N–H and O–H groups in total. The van der Waals surface area contributed by atoms with Gasteiger partial charge >= 0.3 is 0 Å². The number of nitrogens with one attached hydrogen (secondary N) is 2. The van der Waals surface area contributed by atoms with Crippen molar-refractivity contribution < 1.29 is 18.0 Å². The molecule has 0 radical (unpaired) electrons. The Kier molecular flexibility index (Phi) is 6.14. The molecule has 33 heavy (non-hydrogen) atoms. The highest BCUT2D eigenvalue weighted by Crippen LogP contribution is 2.43. The molecule has 7 nitrogen and oxygen atoms in total. The van der Waals surface area contributed by atoms with Crippen molar-refractivity contribution in [3.8, 4) is 11.1 Å². The molecule has 170 valence electrons. The Morgan fingerprint density at radius 2 is 1.67 bits per heavy atom. The fraction of sp³-hybridized carbons (Fsp3) is 0.167. The van der Waals surface area contributed by atoms with Gasteiger partial charge in [-0.15, -0.1) is 0 Å². The van der Waals surface area contributed by atoms with Crippen molar-refractivity contribution in [2.75, 3.05) is 16.2 Å². The van der Waals surface area contributed by atoms with Gasteiger partial charge < -0.3 is 10.6 Å². The molecule has 2 amide bonds. The number of rotatable bonds is 5. The highest BCUT2D eigenvalue weighted by molar-refractivity contribution is 7.93.